The average Bonchev–Trinajstić information content (AvgIpc) is 3.17. The van der Waals surface area contributed by atoms with Gasteiger partial charge in [-0.2, -0.15) is 4.98 Å². The molecule has 8 nitrogen and oxygen atoms in total. The van der Waals surface area contributed by atoms with Crippen LogP contribution in [0.15, 0.2) is 40.9 Å². The van der Waals surface area contributed by atoms with Crippen molar-refractivity contribution in [1.29, 1.82) is 0 Å². The van der Waals surface area contributed by atoms with Gasteiger partial charge in [-0.15, -0.1) is 0 Å². The number of carbonyl (C=O) groups excluding carboxylic acids is 1. The van der Waals surface area contributed by atoms with Crippen molar-refractivity contribution in [2.75, 3.05) is 25.1 Å². The van der Waals surface area contributed by atoms with Gasteiger partial charge in [-0.3, -0.25) is 4.79 Å². The molecule has 158 valence electrons. The molecule has 0 aliphatic carbocycles. The van der Waals surface area contributed by atoms with Crippen LogP contribution in [0.25, 0.3) is 11.5 Å². The highest BCUT2D eigenvalue weighted by atomic mass is 16.5. The smallest absolute Gasteiger partial charge is 0.257 e. The van der Waals surface area contributed by atoms with Gasteiger partial charge in [0.05, 0.1) is 19.8 Å². The fraction of sp³-hybridized carbons (Fsp3) is 0.318. The second-order valence-corrected chi connectivity index (χ2v) is 6.28. The van der Waals surface area contributed by atoms with Gasteiger partial charge in [0, 0.05) is 16.8 Å². The monoisotopic (exact) mass is 411 g/mol. The lowest BCUT2D eigenvalue weighted by Gasteiger charge is -2.17. The number of amides is 1. The zero-order valence-electron chi connectivity index (χ0n) is 17.5. The molecule has 0 fully saturated rings. The van der Waals surface area contributed by atoms with Crippen LogP contribution in [-0.2, 0) is 0 Å². The molecule has 0 aliphatic rings. The van der Waals surface area contributed by atoms with E-state index in [2.05, 4.69) is 15.5 Å². The summed E-state index contributed by atoms with van der Waals surface area (Å²) >= 11 is 0. The minimum Gasteiger partial charge on any atom is -0.490 e. The quantitative estimate of drug-likeness (QED) is 0.554. The summed E-state index contributed by atoms with van der Waals surface area (Å²) in [7, 11) is 0. The number of carbonyl (C=O) groups is 1. The lowest BCUT2D eigenvalue weighted by molar-refractivity contribution is 0.102. The van der Waals surface area contributed by atoms with Crippen LogP contribution in [0.5, 0.6) is 17.2 Å². The van der Waals surface area contributed by atoms with Crippen LogP contribution in [0.3, 0.4) is 0 Å². The predicted molar refractivity (Wildman–Crippen MR) is 112 cm³/mol. The molecule has 3 aromatic rings. The van der Waals surface area contributed by atoms with Crippen molar-refractivity contribution in [3.63, 3.8) is 0 Å². The van der Waals surface area contributed by atoms with Crippen molar-refractivity contribution in [3.05, 3.63) is 47.8 Å². The van der Waals surface area contributed by atoms with Gasteiger partial charge in [0.15, 0.2) is 17.3 Å². The Balaban J connectivity index is 1.83. The van der Waals surface area contributed by atoms with Crippen LogP contribution >= 0.6 is 0 Å². The first-order valence-corrected chi connectivity index (χ1v) is 9.84. The number of ether oxygens (including phenoxy) is 3. The van der Waals surface area contributed by atoms with E-state index in [-0.39, 0.29) is 5.91 Å². The Morgan fingerprint density at radius 1 is 0.967 bits per heavy atom. The van der Waals surface area contributed by atoms with E-state index in [4.69, 9.17) is 18.7 Å². The highest BCUT2D eigenvalue weighted by Gasteiger charge is 2.18. The Morgan fingerprint density at radius 2 is 1.57 bits per heavy atom. The van der Waals surface area contributed by atoms with E-state index < -0.39 is 0 Å². The molecule has 3 rings (SSSR count). The minimum atomic E-state index is -0.290. The van der Waals surface area contributed by atoms with Crippen LogP contribution in [0, 0.1) is 6.92 Å². The van der Waals surface area contributed by atoms with E-state index in [1.54, 1.807) is 43.3 Å². The maximum atomic E-state index is 12.9. The minimum absolute atomic E-state index is 0.290. The molecule has 1 amide bonds. The van der Waals surface area contributed by atoms with Gasteiger partial charge >= 0.3 is 0 Å². The molecular formula is C22H25N3O5. The van der Waals surface area contributed by atoms with Crippen LogP contribution in [-0.4, -0.2) is 35.9 Å². The molecule has 2 aromatic carbocycles. The zero-order chi connectivity index (χ0) is 21.5. The number of benzene rings is 2. The molecule has 1 N–H and O–H groups in total. The molecule has 0 aliphatic heterocycles. The van der Waals surface area contributed by atoms with Gasteiger partial charge in [0.25, 0.3) is 11.8 Å². The number of aromatic nitrogens is 2. The van der Waals surface area contributed by atoms with Gasteiger partial charge in [0.1, 0.15) is 0 Å². The Labute approximate surface area is 175 Å². The third-order valence-corrected chi connectivity index (χ3v) is 4.09. The van der Waals surface area contributed by atoms with Crippen LogP contribution in [0.4, 0.5) is 5.69 Å². The fourth-order valence-electron chi connectivity index (χ4n) is 2.83. The second-order valence-electron chi connectivity index (χ2n) is 6.28. The highest BCUT2D eigenvalue weighted by molar-refractivity contribution is 6.05. The van der Waals surface area contributed by atoms with E-state index in [9.17, 15) is 4.79 Å². The molecule has 0 saturated carbocycles. The Hall–Kier alpha value is -3.55. The largest absolute Gasteiger partial charge is 0.490 e. The standard InChI is InChI=1S/C22H25N3O5/c1-5-27-18-12-16(13-19(28-6-2)20(18)29-7-3)21(26)24-17-10-8-15(9-11-17)22-23-14(4)25-30-22/h8-13H,5-7H2,1-4H3,(H,24,26). The number of anilines is 1. The Kier molecular flexibility index (Phi) is 6.90. The topological polar surface area (TPSA) is 95.7 Å². The molecule has 30 heavy (non-hydrogen) atoms. The van der Waals surface area contributed by atoms with Crippen molar-refractivity contribution < 1.29 is 23.5 Å². The van der Waals surface area contributed by atoms with E-state index in [0.29, 0.717) is 60.0 Å². The van der Waals surface area contributed by atoms with Crippen molar-refractivity contribution >= 4 is 11.6 Å². The molecule has 0 saturated heterocycles. The highest BCUT2D eigenvalue weighted by Crippen LogP contribution is 2.39. The maximum absolute atomic E-state index is 12.9. The lowest BCUT2D eigenvalue weighted by atomic mass is 10.1. The molecule has 0 radical (unpaired) electrons. The molecule has 0 atom stereocenters. The van der Waals surface area contributed by atoms with E-state index in [0.717, 1.165) is 5.56 Å². The molecule has 1 heterocycles. The Morgan fingerprint density at radius 3 is 2.07 bits per heavy atom. The Bertz CT molecular complexity index is 971. The molecular weight excluding hydrogens is 386 g/mol. The summed E-state index contributed by atoms with van der Waals surface area (Å²) in [6, 6.07) is 10.5. The number of nitrogens with zero attached hydrogens (tertiary/aromatic N) is 2. The summed E-state index contributed by atoms with van der Waals surface area (Å²) in [4.78, 5) is 17.0. The predicted octanol–water partition coefficient (Wildman–Crippen LogP) is 4.49. The first-order valence-electron chi connectivity index (χ1n) is 9.84. The summed E-state index contributed by atoms with van der Waals surface area (Å²) in [6.07, 6.45) is 0. The summed E-state index contributed by atoms with van der Waals surface area (Å²) in [5.74, 6) is 2.14. The van der Waals surface area contributed by atoms with Gasteiger partial charge in [-0.1, -0.05) is 5.16 Å². The molecule has 0 spiro atoms. The van der Waals surface area contributed by atoms with Crippen LogP contribution < -0.4 is 19.5 Å². The average molecular weight is 411 g/mol. The van der Waals surface area contributed by atoms with Crippen molar-refractivity contribution in [2.45, 2.75) is 27.7 Å². The normalized spacial score (nSPS) is 10.5. The third kappa shape index (κ3) is 4.89. The maximum Gasteiger partial charge on any atom is 0.257 e. The van der Waals surface area contributed by atoms with E-state index >= 15 is 0 Å². The number of nitrogens with one attached hydrogen (secondary N) is 1. The number of aryl methyl sites for hydroxylation is 1. The fourth-order valence-corrected chi connectivity index (χ4v) is 2.83. The number of rotatable bonds is 9. The molecule has 0 unspecified atom stereocenters. The van der Waals surface area contributed by atoms with Crippen LogP contribution in [0.1, 0.15) is 37.0 Å². The van der Waals surface area contributed by atoms with E-state index in [1.807, 2.05) is 20.8 Å². The first kappa shape index (κ1) is 21.2. The SMILES string of the molecule is CCOc1cc(C(=O)Nc2ccc(-c3nc(C)no3)cc2)cc(OCC)c1OCC. The van der Waals surface area contributed by atoms with Gasteiger partial charge in [0.2, 0.25) is 5.75 Å². The third-order valence-electron chi connectivity index (χ3n) is 4.09. The lowest BCUT2D eigenvalue weighted by Crippen LogP contribution is -2.13. The zero-order valence-corrected chi connectivity index (χ0v) is 17.5. The number of hydrogen-bond donors (Lipinski definition) is 1. The summed E-state index contributed by atoms with van der Waals surface area (Å²) in [6.45, 7) is 8.71. The molecule has 8 heteroatoms. The van der Waals surface area contributed by atoms with E-state index in [1.165, 1.54) is 0 Å². The van der Waals surface area contributed by atoms with Gasteiger partial charge < -0.3 is 24.1 Å². The van der Waals surface area contributed by atoms with Gasteiger partial charge in [-0.25, -0.2) is 0 Å². The first-order chi connectivity index (χ1) is 14.5. The summed E-state index contributed by atoms with van der Waals surface area (Å²) < 4.78 is 22.2. The van der Waals surface area contributed by atoms with Crippen molar-refractivity contribution in [1.82, 2.24) is 10.1 Å². The second kappa shape index (κ2) is 9.78. The van der Waals surface area contributed by atoms with Crippen LogP contribution in [0.2, 0.25) is 0 Å². The van der Waals surface area contributed by atoms with Crippen molar-refractivity contribution in [3.8, 4) is 28.7 Å². The number of hydrogen-bond acceptors (Lipinski definition) is 7. The molecule has 1 aromatic heterocycles. The van der Waals surface area contributed by atoms with Gasteiger partial charge in [-0.05, 0) is 64.1 Å². The van der Waals surface area contributed by atoms with Crippen molar-refractivity contribution in [2.24, 2.45) is 0 Å². The molecule has 0 bridgehead atoms. The summed E-state index contributed by atoms with van der Waals surface area (Å²) in [5.41, 5.74) is 1.80. The summed E-state index contributed by atoms with van der Waals surface area (Å²) in [5, 5.41) is 6.66.